The van der Waals surface area contributed by atoms with E-state index in [1.165, 1.54) is 7.11 Å². The summed E-state index contributed by atoms with van der Waals surface area (Å²) in [6.07, 6.45) is 0. The fourth-order valence-corrected chi connectivity index (χ4v) is 1.33. The highest BCUT2D eigenvalue weighted by molar-refractivity contribution is 5.44. The Morgan fingerprint density at radius 2 is 1.89 bits per heavy atom. The molecule has 0 radical (unpaired) electrons. The minimum absolute atomic E-state index is 0.0545. The van der Waals surface area contributed by atoms with Crippen LogP contribution in [0.2, 0.25) is 0 Å². The molecule has 0 aliphatic heterocycles. The summed E-state index contributed by atoms with van der Waals surface area (Å²) < 4.78 is 10.4. The number of hydrogen-bond donors (Lipinski definition) is 1. The van der Waals surface area contributed by atoms with Gasteiger partial charge in [0.1, 0.15) is 11.8 Å². The van der Waals surface area contributed by atoms with E-state index in [9.17, 15) is 0 Å². The molecule has 1 aromatic carbocycles. The van der Waals surface area contributed by atoms with Crippen LogP contribution < -0.4 is 14.8 Å². The second kappa shape index (κ2) is 5.64. The highest BCUT2D eigenvalue weighted by atomic mass is 16.5. The average molecular weight is 257 g/mol. The first-order valence-corrected chi connectivity index (χ1v) is 5.41. The summed E-state index contributed by atoms with van der Waals surface area (Å²) in [5.41, 5.74) is 0.396. The third-order valence-corrected chi connectivity index (χ3v) is 2.21. The third kappa shape index (κ3) is 2.87. The van der Waals surface area contributed by atoms with Crippen molar-refractivity contribution in [2.75, 3.05) is 19.5 Å². The van der Waals surface area contributed by atoms with E-state index in [1.807, 2.05) is 6.07 Å². The zero-order chi connectivity index (χ0) is 13.7. The van der Waals surface area contributed by atoms with Crippen molar-refractivity contribution in [1.29, 1.82) is 5.26 Å². The lowest BCUT2D eigenvalue weighted by Gasteiger charge is -2.07. The van der Waals surface area contributed by atoms with Gasteiger partial charge in [-0.2, -0.15) is 15.2 Å². The quantitative estimate of drug-likeness (QED) is 0.888. The highest BCUT2D eigenvalue weighted by Gasteiger charge is 2.10. The molecule has 0 spiro atoms. The number of methoxy groups -OCH3 is 1. The van der Waals surface area contributed by atoms with E-state index in [0.717, 1.165) is 0 Å². The van der Waals surface area contributed by atoms with Crippen LogP contribution in [0.4, 0.5) is 5.95 Å². The Labute approximate surface area is 109 Å². The Balaban J connectivity index is 2.35. The molecule has 1 N–H and O–H groups in total. The van der Waals surface area contributed by atoms with E-state index < -0.39 is 0 Å². The number of nitriles is 1. The molecular formula is C12H11N5O2. The van der Waals surface area contributed by atoms with Crippen molar-refractivity contribution in [2.24, 2.45) is 0 Å². The van der Waals surface area contributed by atoms with Gasteiger partial charge in [-0.15, -0.1) is 4.98 Å². The van der Waals surface area contributed by atoms with Gasteiger partial charge in [-0.1, -0.05) is 12.1 Å². The molecule has 0 aliphatic rings. The number of benzene rings is 1. The Bertz CT molecular complexity index is 602. The van der Waals surface area contributed by atoms with Crippen molar-refractivity contribution in [3.63, 3.8) is 0 Å². The molecular weight excluding hydrogens is 246 g/mol. The van der Waals surface area contributed by atoms with E-state index in [2.05, 4.69) is 20.3 Å². The minimum atomic E-state index is 0.0545. The maximum absolute atomic E-state index is 8.98. The summed E-state index contributed by atoms with van der Waals surface area (Å²) >= 11 is 0. The van der Waals surface area contributed by atoms with Gasteiger partial charge < -0.3 is 14.8 Å². The summed E-state index contributed by atoms with van der Waals surface area (Å²) in [6, 6.07) is 9.03. The lowest BCUT2D eigenvalue weighted by Crippen LogP contribution is -2.03. The van der Waals surface area contributed by atoms with Gasteiger partial charge in [0.2, 0.25) is 5.95 Å². The summed E-state index contributed by atoms with van der Waals surface area (Å²) in [4.78, 5) is 11.9. The number of hydrogen-bond acceptors (Lipinski definition) is 7. The predicted molar refractivity (Wildman–Crippen MR) is 67.2 cm³/mol. The van der Waals surface area contributed by atoms with E-state index in [1.54, 1.807) is 31.3 Å². The van der Waals surface area contributed by atoms with Crippen LogP contribution in [-0.2, 0) is 0 Å². The van der Waals surface area contributed by atoms with Gasteiger partial charge >= 0.3 is 12.0 Å². The van der Waals surface area contributed by atoms with Gasteiger partial charge in [0.25, 0.3) is 0 Å². The summed E-state index contributed by atoms with van der Waals surface area (Å²) in [7, 11) is 3.11. The fraction of sp³-hybridized carbons (Fsp3) is 0.167. The Morgan fingerprint density at radius 1 is 1.16 bits per heavy atom. The SMILES string of the molecule is CNc1nc(OC)nc(Oc2ccccc2C#N)n1. The Hall–Kier alpha value is -2.88. The van der Waals surface area contributed by atoms with Gasteiger partial charge in [-0.05, 0) is 12.1 Å². The number of para-hydroxylation sites is 1. The fourth-order valence-electron chi connectivity index (χ4n) is 1.33. The van der Waals surface area contributed by atoms with Crippen LogP contribution in [0, 0.1) is 11.3 Å². The topological polar surface area (TPSA) is 93.0 Å². The maximum atomic E-state index is 8.98. The van der Waals surface area contributed by atoms with Crippen LogP contribution in [0.5, 0.6) is 17.8 Å². The van der Waals surface area contributed by atoms with Crippen molar-refractivity contribution in [3.8, 4) is 23.8 Å². The number of aromatic nitrogens is 3. The van der Waals surface area contributed by atoms with Gasteiger partial charge in [0.05, 0.1) is 12.7 Å². The zero-order valence-corrected chi connectivity index (χ0v) is 10.4. The molecule has 2 rings (SSSR count). The summed E-state index contributed by atoms with van der Waals surface area (Å²) in [5.74, 6) is 0.691. The molecule has 0 saturated carbocycles. The van der Waals surface area contributed by atoms with Gasteiger partial charge in [-0.25, -0.2) is 0 Å². The van der Waals surface area contributed by atoms with Crippen LogP contribution in [0.3, 0.4) is 0 Å². The van der Waals surface area contributed by atoms with E-state index in [4.69, 9.17) is 14.7 Å². The Kier molecular flexibility index (Phi) is 3.73. The number of anilines is 1. The molecule has 0 aliphatic carbocycles. The van der Waals surface area contributed by atoms with Crippen molar-refractivity contribution in [1.82, 2.24) is 15.0 Å². The standard InChI is InChI=1S/C12H11N5O2/c1-14-10-15-11(18-2)17-12(16-10)19-9-6-4-3-5-8(9)7-13/h3-6H,1-2H3,(H,14,15,16,17). The van der Waals surface area contributed by atoms with Crippen molar-refractivity contribution >= 4 is 5.95 Å². The second-order valence-electron chi connectivity index (χ2n) is 3.39. The van der Waals surface area contributed by atoms with E-state index >= 15 is 0 Å². The zero-order valence-electron chi connectivity index (χ0n) is 10.4. The number of nitrogens with zero attached hydrogens (tertiary/aromatic N) is 4. The smallest absolute Gasteiger partial charge is 0.330 e. The van der Waals surface area contributed by atoms with Gasteiger partial charge in [0.15, 0.2) is 0 Å². The second-order valence-corrected chi connectivity index (χ2v) is 3.39. The van der Waals surface area contributed by atoms with Crippen LogP contribution in [0.1, 0.15) is 5.56 Å². The molecule has 96 valence electrons. The van der Waals surface area contributed by atoms with Gasteiger partial charge in [0, 0.05) is 7.05 Å². The first-order valence-electron chi connectivity index (χ1n) is 5.41. The Morgan fingerprint density at radius 3 is 2.58 bits per heavy atom. The van der Waals surface area contributed by atoms with E-state index in [-0.39, 0.29) is 12.0 Å². The molecule has 19 heavy (non-hydrogen) atoms. The lowest BCUT2D eigenvalue weighted by molar-refractivity contribution is 0.360. The molecule has 1 heterocycles. The van der Waals surface area contributed by atoms with Crippen molar-refractivity contribution in [3.05, 3.63) is 29.8 Å². The molecule has 7 heteroatoms. The van der Waals surface area contributed by atoms with Crippen LogP contribution in [-0.4, -0.2) is 29.1 Å². The monoisotopic (exact) mass is 257 g/mol. The normalized spacial score (nSPS) is 9.53. The summed E-state index contributed by atoms with van der Waals surface area (Å²) in [6.45, 7) is 0. The highest BCUT2D eigenvalue weighted by Crippen LogP contribution is 2.23. The molecule has 0 fully saturated rings. The van der Waals surface area contributed by atoms with Crippen molar-refractivity contribution in [2.45, 2.75) is 0 Å². The molecule has 0 amide bonds. The van der Waals surface area contributed by atoms with Crippen LogP contribution >= 0.6 is 0 Å². The molecule has 2 aromatic rings. The number of nitrogens with one attached hydrogen (secondary N) is 1. The lowest BCUT2D eigenvalue weighted by atomic mass is 10.2. The maximum Gasteiger partial charge on any atom is 0.330 e. The molecule has 7 nitrogen and oxygen atoms in total. The number of rotatable bonds is 4. The molecule has 0 unspecified atom stereocenters. The van der Waals surface area contributed by atoms with Gasteiger partial charge in [-0.3, -0.25) is 0 Å². The first-order chi connectivity index (χ1) is 9.26. The summed E-state index contributed by atoms with van der Waals surface area (Å²) in [5, 5.41) is 11.7. The molecule has 0 bridgehead atoms. The molecule has 0 atom stereocenters. The van der Waals surface area contributed by atoms with Crippen molar-refractivity contribution < 1.29 is 9.47 Å². The first kappa shape index (κ1) is 12.6. The average Bonchev–Trinajstić information content (AvgIpc) is 2.47. The predicted octanol–water partition coefficient (Wildman–Crippen LogP) is 1.59. The van der Waals surface area contributed by atoms with Crippen LogP contribution in [0.25, 0.3) is 0 Å². The molecule has 0 saturated heterocycles. The van der Waals surface area contributed by atoms with E-state index in [0.29, 0.717) is 17.3 Å². The largest absolute Gasteiger partial charge is 0.467 e. The third-order valence-electron chi connectivity index (χ3n) is 2.21. The molecule has 1 aromatic heterocycles. The minimum Gasteiger partial charge on any atom is -0.467 e. The van der Waals surface area contributed by atoms with Crippen LogP contribution in [0.15, 0.2) is 24.3 Å². The number of ether oxygens (including phenoxy) is 2.